The Kier molecular flexibility index (Phi) is 4.53. The Morgan fingerprint density at radius 1 is 1.56 bits per heavy atom. The molecule has 9 heavy (non-hydrogen) atoms. The molecule has 0 aromatic heterocycles. The number of halogens is 2. The van der Waals surface area contributed by atoms with Crippen LogP contribution in [0.5, 0.6) is 0 Å². The molecule has 0 rings (SSSR count). The first kappa shape index (κ1) is 8.78. The fourth-order valence-corrected chi connectivity index (χ4v) is 0.300. The van der Waals surface area contributed by atoms with Crippen LogP contribution in [0.25, 0.3) is 0 Å². The lowest BCUT2D eigenvalue weighted by atomic mass is 10.4. The van der Waals surface area contributed by atoms with Gasteiger partial charge in [-0.3, -0.25) is 0 Å². The molecule has 4 heteroatoms. The van der Waals surface area contributed by atoms with E-state index in [1.807, 2.05) is 0 Å². The highest BCUT2D eigenvalue weighted by atomic mass is 19.3. The van der Waals surface area contributed by atoms with Crippen LogP contribution in [0.15, 0.2) is 0 Å². The summed E-state index contributed by atoms with van der Waals surface area (Å²) >= 11 is 0. The number of alkyl halides is 2. The molecule has 1 atom stereocenters. The molecular weight excluding hydrogens is 128 g/mol. The average molecular weight is 139 g/mol. The van der Waals surface area contributed by atoms with E-state index in [-0.39, 0.29) is 12.6 Å². The van der Waals surface area contributed by atoms with Crippen molar-refractivity contribution in [2.75, 3.05) is 13.7 Å². The minimum atomic E-state index is -2.65. The van der Waals surface area contributed by atoms with Crippen LogP contribution >= 0.6 is 0 Å². The van der Waals surface area contributed by atoms with Crippen molar-refractivity contribution < 1.29 is 13.5 Å². The summed E-state index contributed by atoms with van der Waals surface area (Å²) in [6.07, 6.45) is 0. The minimum absolute atomic E-state index is 0.0148. The molecule has 1 N–H and O–H groups in total. The Bertz CT molecular complexity index is 70.0. The highest BCUT2D eigenvalue weighted by molar-refractivity contribution is 4.52. The van der Waals surface area contributed by atoms with Crippen molar-refractivity contribution in [3.05, 3.63) is 0 Å². The van der Waals surface area contributed by atoms with Gasteiger partial charge in [-0.25, -0.2) is 0 Å². The van der Waals surface area contributed by atoms with Crippen molar-refractivity contribution >= 4 is 0 Å². The summed E-state index contributed by atoms with van der Waals surface area (Å²) in [7, 11) is 1.69. The summed E-state index contributed by atoms with van der Waals surface area (Å²) in [5.41, 5.74) is 0. The van der Waals surface area contributed by atoms with E-state index < -0.39 is 6.61 Å². The first-order valence-corrected chi connectivity index (χ1v) is 2.74. The van der Waals surface area contributed by atoms with Crippen LogP contribution in [0.4, 0.5) is 8.78 Å². The van der Waals surface area contributed by atoms with E-state index in [9.17, 15) is 8.78 Å². The van der Waals surface area contributed by atoms with Crippen LogP contribution in [-0.2, 0) is 4.74 Å². The standard InChI is InChI=1S/C5H11F2NO/c1-4(8-2)3-9-5(6)7/h4-5,8H,3H2,1-2H3/t4-/m1/s1. The summed E-state index contributed by atoms with van der Waals surface area (Å²) in [6, 6.07) is -0.0148. The van der Waals surface area contributed by atoms with Crippen molar-refractivity contribution in [2.24, 2.45) is 0 Å². The average Bonchev–Trinajstić information content (AvgIpc) is 1.83. The van der Waals surface area contributed by atoms with Crippen LogP contribution in [-0.4, -0.2) is 26.3 Å². The maximum Gasteiger partial charge on any atom is 0.345 e. The quantitative estimate of drug-likeness (QED) is 0.623. The molecule has 0 radical (unpaired) electrons. The zero-order valence-corrected chi connectivity index (χ0v) is 5.53. The van der Waals surface area contributed by atoms with E-state index in [1.54, 1.807) is 14.0 Å². The molecule has 0 aliphatic heterocycles. The van der Waals surface area contributed by atoms with Crippen LogP contribution in [0.1, 0.15) is 6.92 Å². The summed E-state index contributed by atoms with van der Waals surface area (Å²) in [6.45, 7) is -0.836. The van der Waals surface area contributed by atoms with E-state index >= 15 is 0 Å². The van der Waals surface area contributed by atoms with Crippen molar-refractivity contribution in [3.63, 3.8) is 0 Å². The van der Waals surface area contributed by atoms with Gasteiger partial charge in [0, 0.05) is 6.04 Å². The zero-order chi connectivity index (χ0) is 7.28. The van der Waals surface area contributed by atoms with Crippen LogP contribution in [0, 0.1) is 0 Å². The molecular formula is C5H11F2NO. The van der Waals surface area contributed by atoms with Gasteiger partial charge in [-0.2, -0.15) is 8.78 Å². The highest BCUT2D eigenvalue weighted by Crippen LogP contribution is 1.94. The SMILES string of the molecule is CN[C@H](C)COC(F)F. The summed E-state index contributed by atoms with van der Waals surface area (Å²) in [4.78, 5) is 0. The lowest BCUT2D eigenvalue weighted by molar-refractivity contribution is -0.132. The Hall–Kier alpha value is -0.220. The molecule has 0 aliphatic carbocycles. The largest absolute Gasteiger partial charge is 0.345 e. The van der Waals surface area contributed by atoms with Crippen molar-refractivity contribution in [1.29, 1.82) is 0 Å². The molecule has 0 aliphatic rings. The summed E-state index contributed by atoms with van der Waals surface area (Å²) < 4.78 is 26.6. The number of ether oxygens (including phenoxy) is 1. The van der Waals surface area contributed by atoms with E-state index in [1.165, 1.54) is 0 Å². The second-order valence-corrected chi connectivity index (χ2v) is 1.78. The fourth-order valence-electron chi connectivity index (χ4n) is 0.300. The molecule has 0 unspecified atom stereocenters. The number of hydrogen-bond acceptors (Lipinski definition) is 2. The number of rotatable bonds is 4. The Balaban J connectivity index is 3.06. The number of likely N-dealkylation sites (N-methyl/N-ethyl adjacent to an activating group) is 1. The molecule has 0 amide bonds. The van der Waals surface area contributed by atoms with Gasteiger partial charge < -0.3 is 10.1 Å². The zero-order valence-electron chi connectivity index (χ0n) is 5.53. The fraction of sp³-hybridized carbons (Fsp3) is 1.00. The van der Waals surface area contributed by atoms with Gasteiger partial charge in [0.15, 0.2) is 0 Å². The van der Waals surface area contributed by atoms with E-state index in [4.69, 9.17) is 0 Å². The Labute approximate surface area is 53.2 Å². The van der Waals surface area contributed by atoms with Gasteiger partial charge in [-0.15, -0.1) is 0 Å². The van der Waals surface area contributed by atoms with Crippen molar-refractivity contribution in [3.8, 4) is 0 Å². The molecule has 56 valence electrons. The van der Waals surface area contributed by atoms with Gasteiger partial charge >= 0.3 is 6.61 Å². The maximum atomic E-state index is 11.3. The third kappa shape index (κ3) is 5.65. The van der Waals surface area contributed by atoms with E-state index in [0.29, 0.717) is 0 Å². The lowest BCUT2D eigenvalue weighted by Gasteiger charge is -2.08. The molecule has 2 nitrogen and oxygen atoms in total. The van der Waals surface area contributed by atoms with Gasteiger partial charge in [0.25, 0.3) is 0 Å². The van der Waals surface area contributed by atoms with Crippen molar-refractivity contribution in [2.45, 2.75) is 19.6 Å². The first-order valence-electron chi connectivity index (χ1n) is 2.74. The van der Waals surface area contributed by atoms with Crippen molar-refractivity contribution in [1.82, 2.24) is 5.32 Å². The molecule has 0 fully saturated rings. The minimum Gasteiger partial charge on any atom is -0.321 e. The second-order valence-electron chi connectivity index (χ2n) is 1.78. The number of hydrogen-bond donors (Lipinski definition) is 1. The van der Waals surface area contributed by atoms with Gasteiger partial charge in [0.1, 0.15) is 0 Å². The Morgan fingerprint density at radius 3 is 2.44 bits per heavy atom. The van der Waals surface area contributed by atoms with E-state index in [2.05, 4.69) is 10.1 Å². The molecule has 0 saturated carbocycles. The molecule has 0 spiro atoms. The van der Waals surface area contributed by atoms with Gasteiger partial charge in [0.05, 0.1) is 6.61 Å². The third-order valence-corrected chi connectivity index (χ3v) is 0.965. The number of nitrogens with one attached hydrogen (secondary N) is 1. The third-order valence-electron chi connectivity index (χ3n) is 0.965. The topological polar surface area (TPSA) is 21.3 Å². The predicted molar refractivity (Wildman–Crippen MR) is 30.5 cm³/mol. The van der Waals surface area contributed by atoms with Gasteiger partial charge in [-0.1, -0.05) is 0 Å². The van der Waals surface area contributed by atoms with Gasteiger partial charge in [0.2, 0.25) is 0 Å². The monoisotopic (exact) mass is 139 g/mol. The summed E-state index contributed by atoms with van der Waals surface area (Å²) in [5.74, 6) is 0. The molecule has 0 saturated heterocycles. The smallest absolute Gasteiger partial charge is 0.321 e. The molecule has 0 aromatic carbocycles. The molecule has 0 bridgehead atoms. The van der Waals surface area contributed by atoms with Crippen LogP contribution in [0.2, 0.25) is 0 Å². The molecule has 0 aromatic rings. The first-order chi connectivity index (χ1) is 4.16. The van der Waals surface area contributed by atoms with Crippen LogP contribution in [0.3, 0.4) is 0 Å². The van der Waals surface area contributed by atoms with Crippen LogP contribution < -0.4 is 5.32 Å². The molecule has 0 heterocycles. The summed E-state index contributed by atoms with van der Waals surface area (Å²) in [5, 5.41) is 2.76. The maximum absolute atomic E-state index is 11.3. The lowest BCUT2D eigenvalue weighted by Crippen LogP contribution is -2.27. The second kappa shape index (κ2) is 4.64. The normalized spacial score (nSPS) is 14.3. The highest BCUT2D eigenvalue weighted by Gasteiger charge is 2.03. The Morgan fingerprint density at radius 2 is 2.11 bits per heavy atom. The predicted octanol–water partition coefficient (Wildman–Crippen LogP) is 0.834. The van der Waals surface area contributed by atoms with Gasteiger partial charge in [-0.05, 0) is 14.0 Å². The van der Waals surface area contributed by atoms with E-state index in [0.717, 1.165) is 0 Å².